The standard InChI is InChI=1S/C20H18F2N6OS/c1-9-5-15-24-10(2)26-28(15)20-16(9)17(23)18(30-20)19(29)25-11-7-27(8-11)12-3-4-13(21)14(22)6-12/h3-6,11H,7-8,23H2,1-2H3,(H,25,29). The van der Waals surface area contributed by atoms with Gasteiger partial charge in [0.2, 0.25) is 0 Å². The Morgan fingerprint density at radius 3 is 2.73 bits per heavy atom. The average molecular weight is 428 g/mol. The number of carbonyl (C=O) groups is 1. The number of rotatable bonds is 3. The molecule has 0 saturated carbocycles. The first-order chi connectivity index (χ1) is 14.3. The highest BCUT2D eigenvalue weighted by molar-refractivity contribution is 7.21. The van der Waals surface area contributed by atoms with Gasteiger partial charge in [-0.15, -0.1) is 11.3 Å². The molecule has 5 rings (SSSR count). The number of anilines is 2. The minimum absolute atomic E-state index is 0.107. The zero-order valence-electron chi connectivity index (χ0n) is 16.2. The van der Waals surface area contributed by atoms with E-state index < -0.39 is 11.6 Å². The van der Waals surface area contributed by atoms with E-state index in [0.717, 1.165) is 27.9 Å². The highest BCUT2D eigenvalue weighted by atomic mass is 32.1. The number of hydrogen-bond donors (Lipinski definition) is 2. The summed E-state index contributed by atoms with van der Waals surface area (Å²) in [5.74, 6) is -1.38. The minimum Gasteiger partial charge on any atom is -0.397 e. The van der Waals surface area contributed by atoms with Crippen molar-refractivity contribution in [3.63, 3.8) is 0 Å². The van der Waals surface area contributed by atoms with Gasteiger partial charge in [0.15, 0.2) is 17.3 Å². The molecule has 0 radical (unpaired) electrons. The number of aromatic nitrogens is 3. The second-order valence-electron chi connectivity index (χ2n) is 7.46. The molecule has 1 fully saturated rings. The smallest absolute Gasteiger partial charge is 0.263 e. The van der Waals surface area contributed by atoms with Crippen LogP contribution in [-0.4, -0.2) is 39.6 Å². The van der Waals surface area contributed by atoms with E-state index in [2.05, 4.69) is 15.4 Å². The molecule has 1 saturated heterocycles. The maximum absolute atomic E-state index is 13.4. The van der Waals surface area contributed by atoms with Crippen LogP contribution < -0.4 is 16.0 Å². The fraction of sp³-hybridized carbons (Fsp3) is 0.250. The molecule has 0 aliphatic carbocycles. The lowest BCUT2D eigenvalue weighted by Crippen LogP contribution is -2.59. The van der Waals surface area contributed by atoms with Gasteiger partial charge < -0.3 is 16.0 Å². The summed E-state index contributed by atoms with van der Waals surface area (Å²) in [6.07, 6.45) is 0. The lowest BCUT2D eigenvalue weighted by atomic mass is 10.1. The second kappa shape index (κ2) is 6.63. The Kier molecular flexibility index (Phi) is 4.14. The number of halogens is 2. The normalized spacial score (nSPS) is 14.5. The fourth-order valence-electron chi connectivity index (χ4n) is 3.78. The number of carbonyl (C=O) groups excluding carboxylic acids is 1. The number of nitrogens with one attached hydrogen (secondary N) is 1. The number of aryl methyl sites for hydroxylation is 2. The van der Waals surface area contributed by atoms with E-state index in [1.165, 1.54) is 17.4 Å². The van der Waals surface area contributed by atoms with Crippen LogP contribution in [0.25, 0.3) is 15.9 Å². The Labute approximate surface area is 174 Å². The summed E-state index contributed by atoms with van der Waals surface area (Å²) >= 11 is 1.28. The van der Waals surface area contributed by atoms with Crippen molar-refractivity contribution in [2.24, 2.45) is 0 Å². The Hall–Kier alpha value is -3.27. The number of nitrogens with two attached hydrogens (primary N) is 1. The third kappa shape index (κ3) is 2.86. The molecule has 154 valence electrons. The predicted molar refractivity (Wildman–Crippen MR) is 112 cm³/mol. The topological polar surface area (TPSA) is 88.5 Å². The Morgan fingerprint density at radius 1 is 1.23 bits per heavy atom. The maximum atomic E-state index is 13.4. The Balaban J connectivity index is 1.37. The van der Waals surface area contributed by atoms with Gasteiger partial charge in [0, 0.05) is 30.2 Å². The molecule has 30 heavy (non-hydrogen) atoms. The average Bonchev–Trinajstić information content (AvgIpc) is 3.20. The highest BCUT2D eigenvalue weighted by Gasteiger charge is 2.30. The van der Waals surface area contributed by atoms with Crippen molar-refractivity contribution in [1.29, 1.82) is 0 Å². The second-order valence-corrected chi connectivity index (χ2v) is 8.45. The molecule has 1 aliphatic rings. The first kappa shape index (κ1) is 18.7. The molecule has 1 aromatic carbocycles. The third-order valence-corrected chi connectivity index (χ3v) is 6.47. The molecule has 7 nitrogen and oxygen atoms in total. The van der Waals surface area contributed by atoms with Crippen LogP contribution in [0.5, 0.6) is 0 Å². The number of hydrogen-bond acceptors (Lipinski definition) is 6. The van der Waals surface area contributed by atoms with E-state index in [4.69, 9.17) is 5.73 Å². The first-order valence-electron chi connectivity index (χ1n) is 9.37. The predicted octanol–water partition coefficient (Wildman–Crippen LogP) is 3.04. The van der Waals surface area contributed by atoms with Crippen LogP contribution in [0.15, 0.2) is 24.3 Å². The van der Waals surface area contributed by atoms with E-state index in [9.17, 15) is 13.6 Å². The van der Waals surface area contributed by atoms with E-state index in [1.54, 1.807) is 4.52 Å². The molecule has 4 aromatic rings. The van der Waals surface area contributed by atoms with Gasteiger partial charge in [-0.05, 0) is 37.6 Å². The fourth-order valence-corrected chi connectivity index (χ4v) is 4.93. The van der Waals surface area contributed by atoms with Gasteiger partial charge in [-0.2, -0.15) is 5.10 Å². The van der Waals surface area contributed by atoms with Crippen molar-refractivity contribution in [3.8, 4) is 0 Å². The summed E-state index contributed by atoms with van der Waals surface area (Å²) in [7, 11) is 0. The van der Waals surface area contributed by atoms with E-state index in [1.807, 2.05) is 24.8 Å². The van der Waals surface area contributed by atoms with Gasteiger partial charge in [-0.1, -0.05) is 0 Å². The SMILES string of the molecule is Cc1nc2cc(C)c3c(N)c(C(=O)NC4CN(c5ccc(F)c(F)c5)C4)sc3n2n1. The number of benzene rings is 1. The largest absolute Gasteiger partial charge is 0.397 e. The molecule has 0 spiro atoms. The minimum atomic E-state index is -0.886. The van der Waals surface area contributed by atoms with Crippen molar-refractivity contribution < 1.29 is 13.6 Å². The molecule has 4 heterocycles. The number of amides is 1. The van der Waals surface area contributed by atoms with Gasteiger partial charge in [-0.3, -0.25) is 4.79 Å². The summed E-state index contributed by atoms with van der Waals surface area (Å²) in [6, 6.07) is 5.58. The van der Waals surface area contributed by atoms with Crippen LogP contribution in [0, 0.1) is 25.5 Å². The van der Waals surface area contributed by atoms with Crippen LogP contribution in [0.2, 0.25) is 0 Å². The van der Waals surface area contributed by atoms with Gasteiger partial charge >= 0.3 is 0 Å². The molecule has 0 atom stereocenters. The van der Waals surface area contributed by atoms with Crippen LogP contribution in [0.3, 0.4) is 0 Å². The molecule has 0 bridgehead atoms. The molecular weight excluding hydrogens is 410 g/mol. The van der Waals surface area contributed by atoms with Gasteiger partial charge in [0.1, 0.15) is 15.5 Å². The first-order valence-corrected chi connectivity index (χ1v) is 10.2. The summed E-state index contributed by atoms with van der Waals surface area (Å²) in [6.45, 7) is 4.76. The Morgan fingerprint density at radius 2 is 2.00 bits per heavy atom. The Bertz CT molecular complexity index is 1320. The third-order valence-electron chi connectivity index (χ3n) is 5.29. The maximum Gasteiger partial charge on any atom is 0.263 e. The van der Waals surface area contributed by atoms with Crippen molar-refractivity contribution in [1.82, 2.24) is 19.9 Å². The summed E-state index contributed by atoms with van der Waals surface area (Å²) in [4.78, 5) is 20.3. The van der Waals surface area contributed by atoms with Gasteiger partial charge in [0.25, 0.3) is 5.91 Å². The highest BCUT2D eigenvalue weighted by Crippen LogP contribution is 2.36. The van der Waals surface area contributed by atoms with Crippen molar-refractivity contribution in [3.05, 3.63) is 52.2 Å². The number of fused-ring (bicyclic) bond motifs is 3. The summed E-state index contributed by atoms with van der Waals surface area (Å²) in [5, 5.41) is 8.18. The molecule has 10 heteroatoms. The molecule has 0 unspecified atom stereocenters. The molecule has 1 amide bonds. The van der Waals surface area contributed by atoms with E-state index in [0.29, 0.717) is 40.8 Å². The summed E-state index contributed by atoms with van der Waals surface area (Å²) < 4.78 is 28.2. The monoisotopic (exact) mass is 428 g/mol. The molecular formula is C20H18F2N6OS. The van der Waals surface area contributed by atoms with Crippen molar-refractivity contribution in [2.75, 3.05) is 23.7 Å². The van der Waals surface area contributed by atoms with Crippen molar-refractivity contribution in [2.45, 2.75) is 19.9 Å². The molecule has 1 aliphatic heterocycles. The zero-order valence-corrected chi connectivity index (χ0v) is 17.1. The molecule has 3 N–H and O–H groups in total. The zero-order chi connectivity index (χ0) is 21.2. The van der Waals surface area contributed by atoms with Gasteiger partial charge in [-0.25, -0.2) is 18.3 Å². The number of thiophene rings is 1. The van der Waals surface area contributed by atoms with Crippen LogP contribution in [-0.2, 0) is 0 Å². The van der Waals surface area contributed by atoms with Crippen molar-refractivity contribution >= 4 is 44.5 Å². The van der Waals surface area contributed by atoms with Crippen LogP contribution in [0.1, 0.15) is 21.1 Å². The lowest BCUT2D eigenvalue weighted by Gasteiger charge is -2.41. The van der Waals surface area contributed by atoms with E-state index >= 15 is 0 Å². The van der Waals surface area contributed by atoms with Gasteiger partial charge in [0.05, 0.1) is 11.7 Å². The van der Waals surface area contributed by atoms with Crippen LogP contribution >= 0.6 is 11.3 Å². The van der Waals surface area contributed by atoms with E-state index in [-0.39, 0.29) is 11.9 Å². The number of nitrogen functional groups attached to an aromatic ring is 1. The number of nitrogens with zero attached hydrogens (tertiary/aromatic N) is 4. The molecule has 3 aromatic heterocycles. The van der Waals surface area contributed by atoms with Crippen LogP contribution in [0.4, 0.5) is 20.2 Å². The summed E-state index contributed by atoms with van der Waals surface area (Å²) in [5.41, 5.74) is 8.99. The quantitative estimate of drug-likeness (QED) is 0.524. The number of pyridine rings is 1. The lowest BCUT2D eigenvalue weighted by molar-refractivity contribution is 0.0935.